The van der Waals surface area contributed by atoms with Crippen LogP contribution in [0, 0.1) is 0 Å². The van der Waals surface area contributed by atoms with Gasteiger partial charge in [0.15, 0.2) is 5.69 Å². The molecule has 0 bridgehead atoms. The van der Waals surface area contributed by atoms with Crippen LogP contribution in [0.3, 0.4) is 0 Å². The highest BCUT2D eigenvalue weighted by atomic mass is 16.5. The first-order valence-corrected chi connectivity index (χ1v) is 9.47. The maximum Gasteiger partial charge on any atom is 0.273 e. The minimum Gasteiger partial charge on any atom is -0.379 e. The molecule has 1 amide bonds. The number of ether oxygens (including phenoxy) is 2. The summed E-state index contributed by atoms with van der Waals surface area (Å²) < 4.78 is 12.9. The van der Waals surface area contributed by atoms with Gasteiger partial charge >= 0.3 is 0 Å². The van der Waals surface area contributed by atoms with E-state index in [9.17, 15) is 4.79 Å². The van der Waals surface area contributed by atoms with Crippen molar-refractivity contribution < 1.29 is 14.3 Å². The van der Waals surface area contributed by atoms with Gasteiger partial charge in [-0.2, -0.15) is 0 Å². The molecule has 1 aromatic heterocycles. The highest BCUT2D eigenvalue weighted by Gasteiger charge is 2.22. The van der Waals surface area contributed by atoms with Crippen molar-refractivity contribution in [2.75, 3.05) is 46.0 Å². The Morgan fingerprint density at radius 2 is 2.04 bits per heavy atom. The van der Waals surface area contributed by atoms with Gasteiger partial charge in [0, 0.05) is 26.2 Å². The lowest BCUT2D eigenvalue weighted by molar-refractivity contribution is 0.0359. The average Bonchev–Trinajstić information content (AvgIpc) is 3.20. The molecule has 0 aliphatic carbocycles. The lowest BCUT2D eigenvalue weighted by Crippen LogP contribution is -2.38. The van der Waals surface area contributed by atoms with Crippen molar-refractivity contribution in [2.24, 2.45) is 0 Å². The van der Waals surface area contributed by atoms with E-state index in [1.165, 1.54) is 5.56 Å². The Hall–Kier alpha value is -2.29. The van der Waals surface area contributed by atoms with Crippen molar-refractivity contribution in [1.82, 2.24) is 25.2 Å². The summed E-state index contributed by atoms with van der Waals surface area (Å²) in [6, 6.07) is 8.22. The van der Waals surface area contributed by atoms with Crippen LogP contribution in [0.1, 0.15) is 27.7 Å². The Kier molecular flexibility index (Phi) is 5.76. The lowest BCUT2D eigenvalue weighted by atomic mass is 9.97. The van der Waals surface area contributed by atoms with Crippen LogP contribution in [0.4, 0.5) is 0 Å². The lowest BCUT2D eigenvalue weighted by Gasteiger charge is -2.26. The van der Waals surface area contributed by atoms with Crippen molar-refractivity contribution in [2.45, 2.75) is 19.1 Å². The molecule has 8 heteroatoms. The number of aromatic nitrogens is 3. The monoisotopic (exact) mass is 371 g/mol. The zero-order valence-corrected chi connectivity index (χ0v) is 15.3. The number of hydrogen-bond donors (Lipinski definition) is 1. The molecule has 144 valence electrons. The molecule has 3 heterocycles. The summed E-state index contributed by atoms with van der Waals surface area (Å²) in [5.74, 6) is -0.223. The van der Waals surface area contributed by atoms with Crippen molar-refractivity contribution in [3.8, 4) is 0 Å². The maximum absolute atomic E-state index is 12.4. The summed E-state index contributed by atoms with van der Waals surface area (Å²) in [6.07, 6.45) is 2.50. The zero-order valence-electron chi connectivity index (χ0n) is 15.3. The predicted octanol–water partition coefficient (Wildman–Crippen LogP) is 0.654. The van der Waals surface area contributed by atoms with Crippen LogP contribution in [0.2, 0.25) is 0 Å². The number of rotatable bonds is 6. The molecular weight excluding hydrogens is 346 g/mol. The number of benzene rings is 1. The number of amides is 1. The minimum absolute atomic E-state index is 0.115. The molecule has 0 spiro atoms. The minimum atomic E-state index is -0.223. The third kappa shape index (κ3) is 4.52. The smallest absolute Gasteiger partial charge is 0.273 e. The highest BCUT2D eigenvalue weighted by molar-refractivity contribution is 5.91. The molecule has 8 nitrogen and oxygen atoms in total. The van der Waals surface area contributed by atoms with E-state index in [0.717, 1.165) is 44.8 Å². The second-order valence-electron chi connectivity index (χ2n) is 6.84. The van der Waals surface area contributed by atoms with E-state index in [1.807, 2.05) is 12.1 Å². The number of nitrogens with one attached hydrogen (secondary N) is 1. The van der Waals surface area contributed by atoms with E-state index in [2.05, 4.69) is 32.7 Å². The van der Waals surface area contributed by atoms with Crippen LogP contribution in [-0.2, 0) is 22.4 Å². The molecule has 2 aliphatic rings. The molecule has 0 saturated carbocycles. The molecule has 1 aromatic carbocycles. The quantitative estimate of drug-likeness (QED) is 0.803. The summed E-state index contributed by atoms with van der Waals surface area (Å²) in [5.41, 5.74) is 2.77. The molecule has 27 heavy (non-hydrogen) atoms. The normalized spacial score (nSPS) is 20.2. The van der Waals surface area contributed by atoms with Gasteiger partial charge in [-0.15, -0.1) is 5.10 Å². The number of carbonyl (C=O) groups is 1. The summed E-state index contributed by atoms with van der Waals surface area (Å²) in [4.78, 5) is 14.7. The molecule has 1 fully saturated rings. The van der Waals surface area contributed by atoms with Crippen LogP contribution in [0.25, 0.3) is 0 Å². The Bertz CT molecular complexity index is 772. The molecule has 1 N–H and O–H groups in total. The molecule has 1 unspecified atom stereocenters. The van der Waals surface area contributed by atoms with Gasteiger partial charge in [-0.25, -0.2) is 0 Å². The van der Waals surface area contributed by atoms with Crippen molar-refractivity contribution in [3.05, 3.63) is 47.3 Å². The fraction of sp³-hybridized carbons (Fsp3) is 0.526. The first kappa shape index (κ1) is 18.1. The van der Waals surface area contributed by atoms with Crippen LogP contribution >= 0.6 is 0 Å². The SMILES string of the molecule is O=C(NCC1OCCc2ccccc21)c1cn(CCN2CCOCC2)nn1. The fourth-order valence-corrected chi connectivity index (χ4v) is 3.50. The van der Waals surface area contributed by atoms with Crippen LogP contribution in [0.15, 0.2) is 30.5 Å². The van der Waals surface area contributed by atoms with E-state index in [1.54, 1.807) is 10.9 Å². The Balaban J connectivity index is 1.28. The summed E-state index contributed by atoms with van der Waals surface area (Å²) >= 11 is 0. The number of nitrogens with zero attached hydrogens (tertiary/aromatic N) is 4. The standard InChI is InChI=1S/C19H25N5O3/c25-19(20-13-18-16-4-2-1-3-15(16)5-10-27-18)17-14-24(22-21-17)7-6-23-8-11-26-12-9-23/h1-4,14,18H,5-13H2,(H,20,25). The van der Waals surface area contributed by atoms with Gasteiger partial charge < -0.3 is 14.8 Å². The van der Waals surface area contributed by atoms with E-state index >= 15 is 0 Å². The number of carbonyl (C=O) groups excluding carboxylic acids is 1. The molecule has 2 aromatic rings. The Morgan fingerprint density at radius 3 is 2.93 bits per heavy atom. The Labute approximate surface area is 158 Å². The van der Waals surface area contributed by atoms with Crippen molar-refractivity contribution in [3.63, 3.8) is 0 Å². The third-order valence-corrected chi connectivity index (χ3v) is 5.06. The van der Waals surface area contributed by atoms with Crippen LogP contribution in [0.5, 0.6) is 0 Å². The van der Waals surface area contributed by atoms with Gasteiger partial charge in [-0.1, -0.05) is 29.5 Å². The first-order chi connectivity index (χ1) is 13.3. The van der Waals surface area contributed by atoms with Gasteiger partial charge in [0.1, 0.15) is 6.10 Å². The van der Waals surface area contributed by atoms with Crippen LogP contribution < -0.4 is 5.32 Å². The highest BCUT2D eigenvalue weighted by Crippen LogP contribution is 2.26. The summed E-state index contributed by atoms with van der Waals surface area (Å²) in [7, 11) is 0. The largest absolute Gasteiger partial charge is 0.379 e. The topological polar surface area (TPSA) is 81.5 Å². The molecular formula is C19H25N5O3. The fourth-order valence-electron chi connectivity index (χ4n) is 3.50. The maximum atomic E-state index is 12.4. The summed E-state index contributed by atoms with van der Waals surface area (Å²) in [5, 5.41) is 11.0. The van der Waals surface area contributed by atoms with E-state index in [0.29, 0.717) is 25.4 Å². The molecule has 1 saturated heterocycles. The second-order valence-corrected chi connectivity index (χ2v) is 6.84. The van der Waals surface area contributed by atoms with Gasteiger partial charge in [-0.05, 0) is 17.5 Å². The number of hydrogen-bond acceptors (Lipinski definition) is 6. The first-order valence-electron chi connectivity index (χ1n) is 9.47. The number of morpholine rings is 1. The van der Waals surface area contributed by atoms with Crippen LogP contribution in [-0.4, -0.2) is 71.8 Å². The van der Waals surface area contributed by atoms with E-state index in [4.69, 9.17) is 9.47 Å². The number of fused-ring (bicyclic) bond motifs is 1. The molecule has 2 aliphatic heterocycles. The van der Waals surface area contributed by atoms with Gasteiger partial charge in [0.25, 0.3) is 5.91 Å². The van der Waals surface area contributed by atoms with Gasteiger partial charge in [0.2, 0.25) is 0 Å². The van der Waals surface area contributed by atoms with Crippen molar-refractivity contribution >= 4 is 5.91 Å². The van der Waals surface area contributed by atoms with E-state index in [-0.39, 0.29) is 12.0 Å². The molecule has 1 atom stereocenters. The predicted molar refractivity (Wildman–Crippen MR) is 98.5 cm³/mol. The second kappa shape index (κ2) is 8.60. The zero-order chi connectivity index (χ0) is 18.5. The molecule has 4 rings (SSSR count). The average molecular weight is 371 g/mol. The van der Waals surface area contributed by atoms with Gasteiger partial charge in [-0.3, -0.25) is 14.4 Å². The van der Waals surface area contributed by atoms with Gasteiger partial charge in [0.05, 0.1) is 32.6 Å². The summed E-state index contributed by atoms with van der Waals surface area (Å²) in [6.45, 7) is 6.11. The van der Waals surface area contributed by atoms with E-state index < -0.39 is 0 Å². The third-order valence-electron chi connectivity index (χ3n) is 5.06. The molecule has 0 radical (unpaired) electrons. The van der Waals surface area contributed by atoms with Crippen molar-refractivity contribution in [1.29, 1.82) is 0 Å². The Morgan fingerprint density at radius 1 is 1.19 bits per heavy atom.